The van der Waals surface area contributed by atoms with E-state index in [-0.39, 0.29) is 12.2 Å². The Hall–Kier alpha value is -0.900. The van der Waals surface area contributed by atoms with Crippen molar-refractivity contribution in [1.29, 1.82) is 0 Å². The molecule has 0 amide bonds. The van der Waals surface area contributed by atoms with Gasteiger partial charge in [-0.1, -0.05) is 24.3 Å². The van der Waals surface area contributed by atoms with Gasteiger partial charge < -0.3 is 14.6 Å². The second-order valence-electron chi connectivity index (χ2n) is 4.83. The summed E-state index contributed by atoms with van der Waals surface area (Å²) in [6.45, 7) is 1.46. The maximum atomic E-state index is 10.0. The Morgan fingerprint density at radius 2 is 2.28 bits per heavy atom. The van der Waals surface area contributed by atoms with Crippen molar-refractivity contribution >= 4 is 0 Å². The van der Waals surface area contributed by atoms with Crippen LogP contribution in [-0.4, -0.2) is 31.5 Å². The summed E-state index contributed by atoms with van der Waals surface area (Å²) in [5.41, 5.74) is 2.60. The minimum atomic E-state index is -0.309. The first-order valence-electron chi connectivity index (χ1n) is 6.67. The van der Waals surface area contributed by atoms with E-state index in [1.807, 2.05) is 6.07 Å². The van der Waals surface area contributed by atoms with Crippen molar-refractivity contribution in [3.63, 3.8) is 0 Å². The lowest BCUT2D eigenvalue weighted by molar-refractivity contribution is 0.000755. The molecule has 2 rings (SSSR count). The number of aliphatic hydroxyl groups is 1. The van der Waals surface area contributed by atoms with Crippen LogP contribution in [0.4, 0.5) is 0 Å². The first kappa shape index (κ1) is 13.5. The van der Waals surface area contributed by atoms with Crippen LogP contribution in [-0.2, 0) is 15.9 Å². The predicted octanol–water partition coefficient (Wildman–Crippen LogP) is 2.48. The molecular formula is C15H22O3. The molecule has 0 saturated heterocycles. The molecule has 3 nitrogen and oxygen atoms in total. The van der Waals surface area contributed by atoms with E-state index in [0.29, 0.717) is 13.0 Å². The second-order valence-corrected chi connectivity index (χ2v) is 4.83. The molecule has 1 N–H and O–H groups in total. The maximum absolute atomic E-state index is 10.0. The third-order valence-electron chi connectivity index (χ3n) is 3.46. The normalized spacial score (nSPS) is 20.4. The quantitative estimate of drug-likeness (QED) is 0.788. The van der Waals surface area contributed by atoms with Gasteiger partial charge in [0.2, 0.25) is 0 Å². The number of hydrogen-bond donors (Lipinski definition) is 1. The molecule has 2 unspecified atom stereocenters. The molecule has 1 aromatic carbocycles. The molecule has 100 valence electrons. The van der Waals surface area contributed by atoms with Gasteiger partial charge in [0.15, 0.2) is 0 Å². The van der Waals surface area contributed by atoms with Crippen LogP contribution in [0, 0.1) is 0 Å². The SMILES string of the molecule is COCCCC(O)CC1OCCc2ccccc21. The third-order valence-corrected chi connectivity index (χ3v) is 3.46. The summed E-state index contributed by atoms with van der Waals surface area (Å²) in [4.78, 5) is 0. The van der Waals surface area contributed by atoms with Gasteiger partial charge in [0.1, 0.15) is 0 Å². The van der Waals surface area contributed by atoms with Gasteiger partial charge in [-0.2, -0.15) is 0 Å². The molecule has 0 spiro atoms. The largest absolute Gasteiger partial charge is 0.393 e. The Kier molecular flexibility index (Phi) is 5.17. The Morgan fingerprint density at radius 3 is 3.11 bits per heavy atom. The molecule has 0 saturated carbocycles. The lowest BCUT2D eigenvalue weighted by atomic mass is 9.93. The van der Waals surface area contributed by atoms with Crippen molar-refractivity contribution in [2.45, 2.75) is 37.9 Å². The van der Waals surface area contributed by atoms with Crippen LogP contribution in [0.25, 0.3) is 0 Å². The van der Waals surface area contributed by atoms with Crippen molar-refractivity contribution < 1.29 is 14.6 Å². The van der Waals surface area contributed by atoms with Crippen LogP contribution in [0.3, 0.4) is 0 Å². The number of benzene rings is 1. The molecule has 1 aliphatic rings. The van der Waals surface area contributed by atoms with Gasteiger partial charge in [-0.05, 0) is 30.4 Å². The minimum absolute atomic E-state index is 0.0486. The van der Waals surface area contributed by atoms with E-state index >= 15 is 0 Å². The molecule has 1 heterocycles. The van der Waals surface area contributed by atoms with Gasteiger partial charge in [-0.15, -0.1) is 0 Å². The summed E-state index contributed by atoms with van der Waals surface area (Å²) in [6.07, 6.45) is 3.07. The van der Waals surface area contributed by atoms with Gasteiger partial charge >= 0.3 is 0 Å². The van der Waals surface area contributed by atoms with Crippen LogP contribution in [0.2, 0.25) is 0 Å². The standard InChI is InChI=1S/C15H22O3/c1-17-9-4-6-13(16)11-15-14-7-3-2-5-12(14)8-10-18-15/h2-3,5,7,13,15-16H,4,6,8-11H2,1H3. The molecule has 0 fully saturated rings. The lowest BCUT2D eigenvalue weighted by Crippen LogP contribution is -2.21. The number of rotatable bonds is 6. The van der Waals surface area contributed by atoms with E-state index < -0.39 is 0 Å². The van der Waals surface area contributed by atoms with E-state index in [1.54, 1.807) is 7.11 Å². The third kappa shape index (κ3) is 3.55. The Balaban J connectivity index is 1.90. The first-order valence-corrected chi connectivity index (χ1v) is 6.67. The summed E-state index contributed by atoms with van der Waals surface area (Å²) in [5.74, 6) is 0. The van der Waals surface area contributed by atoms with E-state index in [2.05, 4.69) is 18.2 Å². The highest BCUT2D eigenvalue weighted by Crippen LogP contribution is 2.31. The smallest absolute Gasteiger partial charge is 0.0852 e. The topological polar surface area (TPSA) is 38.7 Å². The van der Waals surface area contributed by atoms with Crippen molar-refractivity contribution in [1.82, 2.24) is 0 Å². The molecular weight excluding hydrogens is 228 g/mol. The molecule has 0 aliphatic carbocycles. The number of fused-ring (bicyclic) bond motifs is 1. The molecule has 3 heteroatoms. The van der Waals surface area contributed by atoms with Crippen molar-refractivity contribution in [2.75, 3.05) is 20.3 Å². The van der Waals surface area contributed by atoms with Crippen molar-refractivity contribution in [3.8, 4) is 0 Å². The minimum Gasteiger partial charge on any atom is -0.393 e. The highest BCUT2D eigenvalue weighted by atomic mass is 16.5. The molecule has 0 aromatic heterocycles. The number of methoxy groups -OCH3 is 1. The fourth-order valence-electron chi connectivity index (χ4n) is 2.50. The van der Waals surface area contributed by atoms with E-state index in [9.17, 15) is 5.11 Å². The number of aliphatic hydroxyl groups excluding tert-OH is 1. The lowest BCUT2D eigenvalue weighted by Gasteiger charge is -2.27. The van der Waals surface area contributed by atoms with Gasteiger partial charge in [0, 0.05) is 20.1 Å². The second kappa shape index (κ2) is 6.88. The Labute approximate surface area is 109 Å². The summed E-state index contributed by atoms with van der Waals surface area (Å²) in [5, 5.41) is 10.0. The van der Waals surface area contributed by atoms with Crippen molar-refractivity contribution in [2.24, 2.45) is 0 Å². The monoisotopic (exact) mass is 250 g/mol. The number of hydrogen-bond acceptors (Lipinski definition) is 3. The van der Waals surface area contributed by atoms with Gasteiger partial charge in [-0.3, -0.25) is 0 Å². The molecule has 18 heavy (non-hydrogen) atoms. The van der Waals surface area contributed by atoms with E-state index in [4.69, 9.17) is 9.47 Å². The van der Waals surface area contributed by atoms with Crippen LogP contribution in [0.15, 0.2) is 24.3 Å². The Bertz CT molecular complexity index is 365. The van der Waals surface area contributed by atoms with Gasteiger partial charge in [0.05, 0.1) is 18.8 Å². The predicted molar refractivity (Wildman–Crippen MR) is 70.6 cm³/mol. The van der Waals surface area contributed by atoms with Crippen molar-refractivity contribution in [3.05, 3.63) is 35.4 Å². The summed E-state index contributed by atoms with van der Waals surface area (Å²) < 4.78 is 10.8. The summed E-state index contributed by atoms with van der Waals surface area (Å²) in [6, 6.07) is 8.37. The summed E-state index contributed by atoms with van der Waals surface area (Å²) in [7, 11) is 1.69. The summed E-state index contributed by atoms with van der Waals surface area (Å²) >= 11 is 0. The number of ether oxygens (including phenoxy) is 2. The Morgan fingerprint density at radius 1 is 1.44 bits per heavy atom. The van der Waals surface area contributed by atoms with Crippen LogP contribution < -0.4 is 0 Å². The van der Waals surface area contributed by atoms with Gasteiger partial charge in [-0.25, -0.2) is 0 Å². The molecule has 0 bridgehead atoms. The zero-order valence-electron chi connectivity index (χ0n) is 11.0. The van der Waals surface area contributed by atoms with Crippen LogP contribution >= 0.6 is 0 Å². The fourth-order valence-corrected chi connectivity index (χ4v) is 2.50. The van der Waals surface area contributed by atoms with Crippen LogP contribution in [0.5, 0.6) is 0 Å². The zero-order chi connectivity index (χ0) is 12.8. The first-order chi connectivity index (χ1) is 8.81. The van der Waals surface area contributed by atoms with E-state index in [0.717, 1.165) is 25.9 Å². The van der Waals surface area contributed by atoms with E-state index in [1.165, 1.54) is 11.1 Å². The molecule has 1 aromatic rings. The highest BCUT2D eigenvalue weighted by Gasteiger charge is 2.22. The molecule has 1 aliphatic heterocycles. The highest BCUT2D eigenvalue weighted by molar-refractivity contribution is 5.30. The van der Waals surface area contributed by atoms with Gasteiger partial charge in [0.25, 0.3) is 0 Å². The average molecular weight is 250 g/mol. The maximum Gasteiger partial charge on any atom is 0.0852 e. The molecule has 0 radical (unpaired) electrons. The average Bonchev–Trinajstić information content (AvgIpc) is 2.39. The zero-order valence-corrected chi connectivity index (χ0v) is 11.0. The fraction of sp³-hybridized carbons (Fsp3) is 0.600. The van der Waals surface area contributed by atoms with Crippen LogP contribution in [0.1, 0.15) is 36.5 Å². The molecule has 2 atom stereocenters.